The maximum Gasteiger partial charge on any atom is 0.244 e. The highest BCUT2D eigenvalue weighted by Crippen LogP contribution is 2.32. The van der Waals surface area contributed by atoms with Gasteiger partial charge in [-0.2, -0.15) is 4.31 Å². The molecule has 1 saturated heterocycles. The Morgan fingerprint density at radius 3 is 2.76 bits per heavy atom. The number of benzene rings is 1. The number of halogens is 2. The largest absolute Gasteiger partial charge is 0.380 e. The van der Waals surface area contributed by atoms with Gasteiger partial charge in [-0.3, -0.25) is 0 Å². The fourth-order valence-corrected chi connectivity index (χ4v) is 4.57. The average molecular weight is 353 g/mol. The molecule has 1 fully saturated rings. The zero-order valence-corrected chi connectivity index (χ0v) is 14.1. The van der Waals surface area contributed by atoms with Gasteiger partial charge in [0.25, 0.3) is 0 Å². The molecule has 118 valence electrons. The maximum absolute atomic E-state index is 12.8. The van der Waals surface area contributed by atoms with Crippen LogP contribution >= 0.6 is 23.2 Å². The second kappa shape index (κ2) is 7.26. The van der Waals surface area contributed by atoms with Gasteiger partial charge in [0.1, 0.15) is 4.90 Å². The van der Waals surface area contributed by atoms with Crippen LogP contribution in [0.2, 0.25) is 10.0 Å². The van der Waals surface area contributed by atoms with E-state index < -0.39 is 10.0 Å². The lowest BCUT2D eigenvalue weighted by Crippen LogP contribution is -2.33. The third kappa shape index (κ3) is 3.70. The molecule has 1 N–H and O–H groups in total. The number of rotatable bonds is 4. The number of nitrogens with one attached hydrogen (secondary N) is 1. The molecule has 8 heteroatoms. The predicted octanol–water partition coefficient (Wildman–Crippen LogP) is 2.12. The summed E-state index contributed by atoms with van der Waals surface area (Å²) >= 11 is 12.4. The Balaban J connectivity index is 2.42. The van der Waals surface area contributed by atoms with E-state index in [0.29, 0.717) is 49.9 Å². The third-order valence-electron chi connectivity index (χ3n) is 3.30. The first kappa shape index (κ1) is 17.0. The summed E-state index contributed by atoms with van der Waals surface area (Å²) in [6.07, 6.45) is 0.674. The summed E-state index contributed by atoms with van der Waals surface area (Å²) in [4.78, 5) is 0.0979. The Labute approximate surface area is 135 Å². The lowest BCUT2D eigenvalue weighted by molar-refractivity contribution is 0.148. The highest BCUT2D eigenvalue weighted by molar-refractivity contribution is 7.89. The van der Waals surface area contributed by atoms with Crippen LogP contribution in [-0.4, -0.2) is 46.1 Å². The van der Waals surface area contributed by atoms with Crippen LogP contribution in [-0.2, 0) is 21.3 Å². The molecule has 2 rings (SSSR count). The predicted molar refractivity (Wildman–Crippen MR) is 83.4 cm³/mol. The van der Waals surface area contributed by atoms with E-state index >= 15 is 0 Å². The van der Waals surface area contributed by atoms with Crippen molar-refractivity contribution in [2.75, 3.05) is 33.4 Å². The van der Waals surface area contributed by atoms with E-state index in [9.17, 15) is 8.42 Å². The van der Waals surface area contributed by atoms with Gasteiger partial charge < -0.3 is 10.1 Å². The van der Waals surface area contributed by atoms with Crippen molar-refractivity contribution in [3.8, 4) is 0 Å². The van der Waals surface area contributed by atoms with Gasteiger partial charge in [-0.15, -0.1) is 0 Å². The summed E-state index contributed by atoms with van der Waals surface area (Å²) in [5.41, 5.74) is 0.591. The first-order chi connectivity index (χ1) is 9.98. The minimum absolute atomic E-state index is 0.0979. The fraction of sp³-hybridized carbons (Fsp3) is 0.538. The van der Waals surface area contributed by atoms with Gasteiger partial charge in [0, 0.05) is 36.8 Å². The van der Waals surface area contributed by atoms with Crippen molar-refractivity contribution in [2.24, 2.45) is 0 Å². The minimum atomic E-state index is -3.64. The molecule has 0 unspecified atom stereocenters. The molecule has 1 aromatic carbocycles. The van der Waals surface area contributed by atoms with E-state index in [1.165, 1.54) is 10.4 Å². The van der Waals surface area contributed by atoms with E-state index in [1.54, 1.807) is 13.1 Å². The summed E-state index contributed by atoms with van der Waals surface area (Å²) in [6.45, 7) is 2.15. The van der Waals surface area contributed by atoms with Crippen molar-refractivity contribution in [3.05, 3.63) is 27.7 Å². The zero-order chi connectivity index (χ0) is 15.5. The van der Waals surface area contributed by atoms with Crippen LogP contribution in [0.3, 0.4) is 0 Å². The normalized spacial score (nSPS) is 17.7. The molecule has 0 spiro atoms. The van der Waals surface area contributed by atoms with Gasteiger partial charge in [-0.1, -0.05) is 23.2 Å². The van der Waals surface area contributed by atoms with Crippen molar-refractivity contribution in [1.82, 2.24) is 9.62 Å². The topological polar surface area (TPSA) is 58.6 Å². The maximum atomic E-state index is 12.8. The highest BCUT2D eigenvalue weighted by Gasteiger charge is 2.28. The minimum Gasteiger partial charge on any atom is -0.380 e. The third-order valence-corrected chi connectivity index (χ3v) is 6.14. The Morgan fingerprint density at radius 1 is 1.29 bits per heavy atom. The van der Waals surface area contributed by atoms with Crippen LogP contribution in [0, 0.1) is 0 Å². The van der Waals surface area contributed by atoms with Crippen molar-refractivity contribution in [1.29, 1.82) is 0 Å². The first-order valence-electron chi connectivity index (χ1n) is 6.68. The molecule has 1 heterocycles. The molecule has 1 aromatic rings. The molecule has 0 aromatic heterocycles. The molecular weight excluding hydrogens is 335 g/mol. The number of nitrogens with zero attached hydrogens (tertiary/aromatic N) is 1. The van der Waals surface area contributed by atoms with Gasteiger partial charge >= 0.3 is 0 Å². The second-order valence-corrected chi connectivity index (χ2v) is 7.43. The molecule has 0 amide bonds. The second-order valence-electron chi connectivity index (χ2n) is 4.74. The van der Waals surface area contributed by atoms with E-state index in [-0.39, 0.29) is 9.92 Å². The zero-order valence-electron chi connectivity index (χ0n) is 11.7. The van der Waals surface area contributed by atoms with Crippen LogP contribution < -0.4 is 5.32 Å². The number of sulfonamides is 1. The lowest BCUT2D eigenvalue weighted by Gasteiger charge is -2.21. The summed E-state index contributed by atoms with van der Waals surface area (Å²) in [6, 6.07) is 3.03. The van der Waals surface area contributed by atoms with Crippen LogP contribution in [0.4, 0.5) is 0 Å². The molecule has 0 saturated carbocycles. The Morgan fingerprint density at radius 2 is 2.05 bits per heavy atom. The summed E-state index contributed by atoms with van der Waals surface area (Å²) in [5, 5.41) is 3.57. The highest BCUT2D eigenvalue weighted by atomic mass is 35.5. The van der Waals surface area contributed by atoms with Crippen molar-refractivity contribution in [3.63, 3.8) is 0 Å². The smallest absolute Gasteiger partial charge is 0.244 e. The Kier molecular flexibility index (Phi) is 5.88. The van der Waals surface area contributed by atoms with Crippen LogP contribution in [0.1, 0.15) is 12.0 Å². The van der Waals surface area contributed by atoms with Gasteiger partial charge in [0.2, 0.25) is 10.0 Å². The van der Waals surface area contributed by atoms with E-state index in [4.69, 9.17) is 27.9 Å². The monoisotopic (exact) mass is 352 g/mol. The summed E-state index contributed by atoms with van der Waals surface area (Å²) < 4.78 is 32.2. The molecule has 0 aliphatic carbocycles. The van der Waals surface area contributed by atoms with Crippen LogP contribution in [0.25, 0.3) is 0 Å². The molecular formula is C13H18Cl2N2O3S. The molecule has 0 radical (unpaired) electrons. The number of ether oxygens (including phenoxy) is 1. The first-order valence-corrected chi connectivity index (χ1v) is 8.87. The van der Waals surface area contributed by atoms with Gasteiger partial charge in [-0.05, 0) is 25.6 Å². The lowest BCUT2D eigenvalue weighted by atomic mass is 10.2. The van der Waals surface area contributed by atoms with E-state index in [0.717, 1.165) is 0 Å². The van der Waals surface area contributed by atoms with Crippen LogP contribution in [0.5, 0.6) is 0 Å². The van der Waals surface area contributed by atoms with E-state index in [2.05, 4.69) is 5.32 Å². The van der Waals surface area contributed by atoms with Gasteiger partial charge in [-0.25, -0.2) is 8.42 Å². The number of hydrogen-bond donors (Lipinski definition) is 1. The molecule has 0 bridgehead atoms. The molecule has 5 nitrogen and oxygen atoms in total. The van der Waals surface area contributed by atoms with Crippen molar-refractivity contribution >= 4 is 33.2 Å². The average Bonchev–Trinajstić information content (AvgIpc) is 2.72. The van der Waals surface area contributed by atoms with Crippen LogP contribution in [0.15, 0.2) is 17.0 Å². The molecule has 21 heavy (non-hydrogen) atoms. The number of hydrogen-bond acceptors (Lipinski definition) is 4. The summed E-state index contributed by atoms with van der Waals surface area (Å²) in [7, 11) is -1.89. The molecule has 1 aliphatic heterocycles. The van der Waals surface area contributed by atoms with Gasteiger partial charge in [0.05, 0.1) is 11.6 Å². The fourth-order valence-electron chi connectivity index (χ4n) is 2.22. The SMILES string of the molecule is CNCc1c(Cl)ccc(S(=O)(=O)N2CCCOCC2)c1Cl. The Bertz CT molecular complexity index is 600. The van der Waals surface area contributed by atoms with Gasteiger partial charge in [0.15, 0.2) is 0 Å². The van der Waals surface area contributed by atoms with E-state index in [1.807, 2.05) is 0 Å². The summed E-state index contributed by atoms with van der Waals surface area (Å²) in [5.74, 6) is 0. The van der Waals surface area contributed by atoms with Crippen molar-refractivity contribution < 1.29 is 13.2 Å². The molecule has 0 atom stereocenters. The quantitative estimate of drug-likeness (QED) is 0.901. The van der Waals surface area contributed by atoms with Crippen molar-refractivity contribution in [2.45, 2.75) is 17.9 Å². The molecule has 1 aliphatic rings. The standard InChI is InChI=1S/C13H18Cl2N2O3S/c1-16-9-10-11(14)3-4-12(13(10)15)21(18,19)17-5-2-7-20-8-6-17/h3-4,16H,2,5-9H2,1H3. The Hall–Kier alpha value is -0.370.